The van der Waals surface area contributed by atoms with Gasteiger partial charge in [-0.1, -0.05) is 125 Å². The Hall–Kier alpha value is -5.60. The van der Waals surface area contributed by atoms with E-state index in [1.807, 2.05) is 0 Å². The third-order valence-electron chi connectivity index (χ3n) is 12.1. The number of benzene rings is 6. The van der Waals surface area contributed by atoms with Crippen LogP contribution < -0.4 is 4.90 Å². The van der Waals surface area contributed by atoms with Crippen molar-refractivity contribution in [3.8, 4) is 16.8 Å². The maximum absolute atomic E-state index is 2.56. The molecule has 242 valence electrons. The topological polar surface area (TPSA) is 8.17 Å². The van der Waals surface area contributed by atoms with Gasteiger partial charge in [-0.2, -0.15) is 0 Å². The lowest BCUT2D eigenvalue weighted by Crippen LogP contribution is -2.29. The summed E-state index contributed by atoms with van der Waals surface area (Å²) in [5, 5.41) is 2.54. The molecule has 6 aromatic carbocycles. The minimum Gasteiger partial charge on any atom is -0.314 e. The van der Waals surface area contributed by atoms with Crippen LogP contribution in [0.3, 0.4) is 0 Å². The molecule has 0 fully saturated rings. The van der Waals surface area contributed by atoms with Crippen LogP contribution >= 0.6 is 0 Å². The van der Waals surface area contributed by atoms with Gasteiger partial charge in [0.15, 0.2) is 0 Å². The fraction of sp³-hybridized carbons (Fsp3) is 0.167. The van der Waals surface area contributed by atoms with Crippen molar-refractivity contribution in [3.05, 3.63) is 180 Å². The lowest BCUT2D eigenvalue weighted by molar-refractivity contribution is 0.406. The van der Waals surface area contributed by atoms with Crippen LogP contribution in [0.4, 0.5) is 11.4 Å². The van der Waals surface area contributed by atoms with Gasteiger partial charge in [0.25, 0.3) is 0 Å². The zero-order valence-corrected chi connectivity index (χ0v) is 29.1. The van der Waals surface area contributed by atoms with E-state index < -0.39 is 0 Å². The molecule has 0 amide bonds. The van der Waals surface area contributed by atoms with Gasteiger partial charge in [0.2, 0.25) is 0 Å². The van der Waals surface area contributed by atoms with Crippen molar-refractivity contribution >= 4 is 38.8 Å². The number of hydrogen-bond acceptors (Lipinski definition) is 1. The van der Waals surface area contributed by atoms with Gasteiger partial charge in [0.1, 0.15) is 0 Å². The first-order valence-corrected chi connectivity index (χ1v) is 18.0. The van der Waals surface area contributed by atoms with Crippen LogP contribution in [-0.4, -0.2) is 4.57 Å². The van der Waals surface area contributed by atoms with Crippen molar-refractivity contribution in [2.45, 2.75) is 44.9 Å². The predicted molar refractivity (Wildman–Crippen MR) is 211 cm³/mol. The molecule has 10 rings (SSSR count). The number of allylic oxidation sites excluding steroid dienone is 4. The van der Waals surface area contributed by atoms with Crippen LogP contribution in [0.5, 0.6) is 0 Å². The molecule has 7 aromatic rings. The van der Waals surface area contributed by atoms with Gasteiger partial charge < -0.3 is 9.47 Å². The predicted octanol–water partition coefficient (Wildman–Crippen LogP) is 12.5. The van der Waals surface area contributed by atoms with E-state index >= 15 is 0 Å². The van der Waals surface area contributed by atoms with Crippen LogP contribution in [0.2, 0.25) is 0 Å². The molecule has 2 nitrogen and oxygen atoms in total. The van der Waals surface area contributed by atoms with E-state index in [-0.39, 0.29) is 10.8 Å². The fourth-order valence-electron chi connectivity index (χ4n) is 9.53. The van der Waals surface area contributed by atoms with Crippen LogP contribution in [0.15, 0.2) is 157 Å². The molecule has 0 saturated carbocycles. The molecule has 0 N–H and O–H groups in total. The molecule has 0 spiro atoms. The second kappa shape index (κ2) is 10.5. The summed E-state index contributed by atoms with van der Waals surface area (Å²) in [5.41, 5.74) is 17.2. The van der Waals surface area contributed by atoms with E-state index in [0.29, 0.717) is 5.92 Å². The lowest BCUT2D eigenvalue weighted by atomic mass is 9.73. The molecular weight excluding hydrogens is 605 g/mol. The Kier molecular flexibility index (Phi) is 6.13. The van der Waals surface area contributed by atoms with E-state index in [0.717, 1.165) is 6.42 Å². The first-order valence-electron chi connectivity index (χ1n) is 18.0. The fourth-order valence-corrected chi connectivity index (χ4v) is 9.53. The molecule has 3 aliphatic rings. The largest absolute Gasteiger partial charge is 0.314 e. The van der Waals surface area contributed by atoms with Gasteiger partial charge in [-0.25, -0.2) is 0 Å². The highest BCUT2D eigenvalue weighted by atomic mass is 15.2. The Bertz CT molecular complexity index is 2580. The monoisotopic (exact) mass is 644 g/mol. The van der Waals surface area contributed by atoms with Crippen LogP contribution in [0, 0.1) is 5.92 Å². The average molecular weight is 645 g/mol. The van der Waals surface area contributed by atoms with Crippen LogP contribution in [-0.2, 0) is 10.8 Å². The zero-order chi connectivity index (χ0) is 33.8. The summed E-state index contributed by atoms with van der Waals surface area (Å²) in [4.78, 5) is 2.56. The van der Waals surface area contributed by atoms with Gasteiger partial charge in [-0.05, 0) is 111 Å². The number of hydrogen-bond donors (Lipinski definition) is 0. The molecule has 1 heterocycles. The van der Waals surface area contributed by atoms with Crippen molar-refractivity contribution in [1.82, 2.24) is 4.57 Å². The van der Waals surface area contributed by atoms with Gasteiger partial charge in [0.05, 0.1) is 11.0 Å². The van der Waals surface area contributed by atoms with Crippen LogP contribution in [0.1, 0.15) is 56.4 Å². The molecule has 1 unspecified atom stereocenters. The summed E-state index contributed by atoms with van der Waals surface area (Å²) < 4.78 is 2.40. The normalized spacial score (nSPS) is 17.9. The quantitative estimate of drug-likeness (QED) is 0.185. The maximum Gasteiger partial charge on any atom is 0.0542 e. The number of nitrogens with zero attached hydrogens (tertiary/aromatic N) is 2. The van der Waals surface area contributed by atoms with Gasteiger partial charge in [-0.15, -0.1) is 0 Å². The lowest BCUT2D eigenvalue weighted by Gasteiger charge is -2.36. The summed E-state index contributed by atoms with van der Waals surface area (Å²) in [7, 11) is 0. The van der Waals surface area contributed by atoms with Crippen molar-refractivity contribution in [2.24, 2.45) is 5.92 Å². The average Bonchev–Trinajstić information content (AvgIpc) is 3.69. The van der Waals surface area contributed by atoms with Gasteiger partial charge in [0, 0.05) is 38.9 Å². The smallest absolute Gasteiger partial charge is 0.0542 e. The second-order valence-corrected chi connectivity index (χ2v) is 15.4. The Morgan fingerprint density at radius 3 is 2.02 bits per heavy atom. The van der Waals surface area contributed by atoms with Crippen molar-refractivity contribution in [1.29, 1.82) is 0 Å². The number of rotatable bonds is 4. The van der Waals surface area contributed by atoms with Crippen molar-refractivity contribution < 1.29 is 0 Å². The first kappa shape index (κ1) is 29.3. The van der Waals surface area contributed by atoms with Gasteiger partial charge in [-0.3, -0.25) is 0 Å². The molecule has 0 radical (unpaired) electrons. The van der Waals surface area contributed by atoms with Crippen LogP contribution in [0.25, 0.3) is 44.2 Å². The highest BCUT2D eigenvalue weighted by Crippen LogP contribution is 2.56. The number of anilines is 2. The number of fused-ring (bicyclic) bond motifs is 9. The molecule has 2 heteroatoms. The molecule has 0 saturated heterocycles. The summed E-state index contributed by atoms with van der Waals surface area (Å²) >= 11 is 0. The second-order valence-electron chi connectivity index (χ2n) is 15.4. The maximum atomic E-state index is 2.56. The molecule has 0 aliphatic heterocycles. The van der Waals surface area contributed by atoms with E-state index in [1.165, 1.54) is 83.5 Å². The standard InChI is InChI=1S/C48H40N2/c1-47(2)41-19-11-8-16-35(41)37-25-22-33(29-43(37)47)49(34-23-26-38-36-17-9-12-20-42(36)48(3,4)44(38)30-34)32-24-27-46-40(28-32)39-18-10-13-21-45(39)50(46)31-14-6-5-7-15-31/h5-29,44H,30H2,1-4H3. The third-order valence-corrected chi connectivity index (χ3v) is 12.1. The SMILES string of the molecule is CC1(C)c2ccccc2-c2ccc(N(C3=CC=C4c5ccccc5C(C)(C)C4C3)c3ccc4c(c3)c3ccccc3n4-c3ccccc3)cc21. The summed E-state index contributed by atoms with van der Waals surface area (Å²) in [5.74, 6) is 0.404. The first-order chi connectivity index (χ1) is 24.3. The van der Waals surface area contributed by atoms with Crippen molar-refractivity contribution in [3.63, 3.8) is 0 Å². The minimum atomic E-state index is -0.0796. The molecule has 0 bridgehead atoms. The van der Waals surface area contributed by atoms with E-state index in [4.69, 9.17) is 0 Å². The zero-order valence-electron chi connectivity index (χ0n) is 29.1. The molecule has 3 aliphatic carbocycles. The Labute approximate surface area is 294 Å². The minimum absolute atomic E-state index is 0.0439. The Morgan fingerprint density at radius 2 is 1.18 bits per heavy atom. The van der Waals surface area contributed by atoms with Gasteiger partial charge >= 0.3 is 0 Å². The number of aromatic nitrogens is 1. The molecular formula is C48H40N2. The highest BCUT2D eigenvalue weighted by molar-refractivity contribution is 6.10. The number of para-hydroxylation sites is 2. The summed E-state index contributed by atoms with van der Waals surface area (Å²) in [6.45, 7) is 9.63. The van der Waals surface area contributed by atoms with E-state index in [2.05, 4.69) is 189 Å². The van der Waals surface area contributed by atoms with E-state index in [9.17, 15) is 0 Å². The summed E-state index contributed by atoms with van der Waals surface area (Å²) in [6, 6.07) is 51.8. The molecule has 1 atom stereocenters. The Morgan fingerprint density at radius 1 is 0.540 bits per heavy atom. The van der Waals surface area contributed by atoms with Crippen molar-refractivity contribution in [2.75, 3.05) is 4.90 Å². The molecule has 50 heavy (non-hydrogen) atoms. The highest BCUT2D eigenvalue weighted by Gasteiger charge is 2.44. The molecule has 1 aromatic heterocycles. The Balaban J connectivity index is 1.19. The summed E-state index contributed by atoms with van der Waals surface area (Å²) in [6.07, 6.45) is 5.78. The van der Waals surface area contributed by atoms with E-state index in [1.54, 1.807) is 0 Å². The third kappa shape index (κ3) is 4.02.